The summed E-state index contributed by atoms with van der Waals surface area (Å²) in [6.07, 6.45) is 0.770. The van der Waals surface area contributed by atoms with Gasteiger partial charge in [0.15, 0.2) is 0 Å². The zero-order chi connectivity index (χ0) is 11.5. The molecule has 1 heterocycles. The minimum Gasteiger partial charge on any atom is -0.481 e. The van der Waals surface area contributed by atoms with Crippen LogP contribution in [0.4, 0.5) is 0 Å². The van der Waals surface area contributed by atoms with Gasteiger partial charge in [-0.15, -0.1) is 0 Å². The molecule has 0 spiro atoms. The standard InChI is InChI=1S/C13H17NO2/c1-10(11-5-3-2-4-6-11)14-8-7-12(9-14)13(15)16/h2-6,10,12H,7-9H2,1H3,(H,15,16)/t10?,12-/m0/s1. The average Bonchev–Trinajstić information content (AvgIpc) is 2.78. The zero-order valence-electron chi connectivity index (χ0n) is 9.47. The molecule has 1 unspecified atom stereocenters. The second-order valence-electron chi connectivity index (χ2n) is 4.41. The monoisotopic (exact) mass is 219 g/mol. The van der Waals surface area contributed by atoms with E-state index in [-0.39, 0.29) is 5.92 Å². The Morgan fingerprint density at radius 2 is 2.12 bits per heavy atom. The first kappa shape index (κ1) is 11.1. The van der Waals surface area contributed by atoms with E-state index in [0.717, 1.165) is 13.0 Å². The third kappa shape index (κ3) is 2.25. The van der Waals surface area contributed by atoms with Gasteiger partial charge in [0.25, 0.3) is 0 Å². The van der Waals surface area contributed by atoms with Gasteiger partial charge in [0.05, 0.1) is 5.92 Å². The molecular formula is C13H17NO2. The first-order chi connectivity index (χ1) is 7.68. The second kappa shape index (κ2) is 4.66. The summed E-state index contributed by atoms with van der Waals surface area (Å²) in [5.41, 5.74) is 1.26. The fourth-order valence-electron chi connectivity index (χ4n) is 2.28. The van der Waals surface area contributed by atoms with E-state index in [2.05, 4.69) is 24.0 Å². The molecular weight excluding hydrogens is 202 g/mol. The number of rotatable bonds is 3. The zero-order valence-corrected chi connectivity index (χ0v) is 9.47. The molecule has 16 heavy (non-hydrogen) atoms. The molecule has 3 nitrogen and oxygen atoms in total. The molecule has 0 amide bonds. The van der Waals surface area contributed by atoms with Gasteiger partial charge in [0, 0.05) is 12.6 Å². The molecule has 1 aromatic carbocycles. The summed E-state index contributed by atoms with van der Waals surface area (Å²) in [4.78, 5) is 13.1. The van der Waals surface area contributed by atoms with Crippen molar-refractivity contribution in [2.45, 2.75) is 19.4 Å². The molecule has 1 aliphatic heterocycles. The number of benzene rings is 1. The van der Waals surface area contributed by atoms with Crippen LogP contribution < -0.4 is 0 Å². The van der Waals surface area contributed by atoms with Gasteiger partial charge in [0.2, 0.25) is 0 Å². The van der Waals surface area contributed by atoms with Gasteiger partial charge >= 0.3 is 5.97 Å². The molecule has 86 valence electrons. The summed E-state index contributed by atoms with van der Waals surface area (Å²) in [7, 11) is 0. The van der Waals surface area contributed by atoms with E-state index in [4.69, 9.17) is 5.11 Å². The molecule has 1 aliphatic rings. The van der Waals surface area contributed by atoms with Crippen LogP contribution in [0.15, 0.2) is 30.3 Å². The highest BCUT2D eigenvalue weighted by Crippen LogP contribution is 2.27. The maximum atomic E-state index is 10.9. The van der Waals surface area contributed by atoms with Crippen molar-refractivity contribution in [3.63, 3.8) is 0 Å². The lowest BCUT2D eigenvalue weighted by Crippen LogP contribution is -2.26. The molecule has 2 atom stereocenters. The number of hydrogen-bond acceptors (Lipinski definition) is 2. The summed E-state index contributed by atoms with van der Waals surface area (Å²) >= 11 is 0. The molecule has 2 rings (SSSR count). The number of carboxylic acid groups (broad SMARTS) is 1. The van der Waals surface area contributed by atoms with Gasteiger partial charge in [-0.1, -0.05) is 30.3 Å². The van der Waals surface area contributed by atoms with E-state index in [1.807, 2.05) is 18.2 Å². The lowest BCUT2D eigenvalue weighted by Gasteiger charge is -2.24. The number of aliphatic carboxylic acids is 1. The Morgan fingerprint density at radius 3 is 2.69 bits per heavy atom. The van der Waals surface area contributed by atoms with Crippen LogP contribution in [0.1, 0.15) is 24.9 Å². The first-order valence-corrected chi connectivity index (χ1v) is 5.70. The van der Waals surface area contributed by atoms with Gasteiger partial charge in [-0.2, -0.15) is 0 Å². The van der Waals surface area contributed by atoms with Gasteiger partial charge in [-0.05, 0) is 25.5 Å². The van der Waals surface area contributed by atoms with E-state index in [1.54, 1.807) is 0 Å². The highest BCUT2D eigenvalue weighted by Gasteiger charge is 2.30. The van der Waals surface area contributed by atoms with E-state index in [1.165, 1.54) is 5.56 Å². The third-order valence-corrected chi connectivity index (χ3v) is 3.40. The Bertz CT molecular complexity index is 363. The van der Waals surface area contributed by atoms with Crippen molar-refractivity contribution in [2.24, 2.45) is 5.92 Å². The van der Waals surface area contributed by atoms with Crippen molar-refractivity contribution in [1.29, 1.82) is 0 Å². The van der Waals surface area contributed by atoms with Crippen LogP contribution in [-0.4, -0.2) is 29.1 Å². The lowest BCUT2D eigenvalue weighted by atomic mass is 10.1. The van der Waals surface area contributed by atoms with Crippen molar-refractivity contribution >= 4 is 5.97 Å². The molecule has 0 bridgehead atoms. The molecule has 1 N–H and O–H groups in total. The Kier molecular flexibility index (Phi) is 3.25. The second-order valence-corrected chi connectivity index (χ2v) is 4.41. The fourth-order valence-corrected chi connectivity index (χ4v) is 2.28. The van der Waals surface area contributed by atoms with E-state index in [9.17, 15) is 4.79 Å². The van der Waals surface area contributed by atoms with E-state index in [0.29, 0.717) is 12.6 Å². The van der Waals surface area contributed by atoms with E-state index < -0.39 is 5.97 Å². The van der Waals surface area contributed by atoms with Crippen LogP contribution in [0.25, 0.3) is 0 Å². The van der Waals surface area contributed by atoms with Crippen LogP contribution in [0.2, 0.25) is 0 Å². The molecule has 1 saturated heterocycles. The Hall–Kier alpha value is -1.35. The van der Waals surface area contributed by atoms with Crippen LogP contribution in [0, 0.1) is 5.92 Å². The molecule has 0 radical (unpaired) electrons. The number of carbonyl (C=O) groups is 1. The smallest absolute Gasteiger partial charge is 0.307 e. The Morgan fingerprint density at radius 1 is 1.44 bits per heavy atom. The maximum absolute atomic E-state index is 10.9. The highest BCUT2D eigenvalue weighted by atomic mass is 16.4. The van der Waals surface area contributed by atoms with Crippen LogP contribution in [0.5, 0.6) is 0 Å². The molecule has 1 fully saturated rings. The first-order valence-electron chi connectivity index (χ1n) is 5.70. The molecule has 0 saturated carbocycles. The summed E-state index contributed by atoms with van der Waals surface area (Å²) < 4.78 is 0. The minimum atomic E-state index is -0.664. The maximum Gasteiger partial charge on any atom is 0.307 e. The normalized spacial score (nSPS) is 23.2. The van der Waals surface area contributed by atoms with E-state index >= 15 is 0 Å². The summed E-state index contributed by atoms with van der Waals surface area (Å²) in [6, 6.07) is 10.6. The topological polar surface area (TPSA) is 40.5 Å². The average molecular weight is 219 g/mol. The Balaban J connectivity index is 2.02. The molecule has 3 heteroatoms. The number of likely N-dealkylation sites (tertiary alicyclic amines) is 1. The van der Waals surface area contributed by atoms with Crippen LogP contribution in [-0.2, 0) is 4.79 Å². The van der Waals surface area contributed by atoms with Gasteiger partial charge in [-0.25, -0.2) is 0 Å². The van der Waals surface area contributed by atoms with Crippen molar-refractivity contribution in [2.75, 3.05) is 13.1 Å². The molecule has 0 aliphatic carbocycles. The van der Waals surface area contributed by atoms with Crippen LogP contribution in [0.3, 0.4) is 0 Å². The van der Waals surface area contributed by atoms with Crippen molar-refractivity contribution in [1.82, 2.24) is 4.90 Å². The SMILES string of the molecule is CC(c1ccccc1)N1CC[C@H](C(=O)O)C1. The van der Waals surface area contributed by atoms with Gasteiger partial charge in [-0.3, -0.25) is 9.69 Å². The predicted molar refractivity (Wildman–Crippen MR) is 62.2 cm³/mol. The van der Waals surface area contributed by atoms with Crippen LogP contribution >= 0.6 is 0 Å². The predicted octanol–water partition coefficient (Wildman–Crippen LogP) is 2.15. The van der Waals surface area contributed by atoms with Gasteiger partial charge < -0.3 is 5.11 Å². The fraction of sp³-hybridized carbons (Fsp3) is 0.462. The lowest BCUT2D eigenvalue weighted by molar-refractivity contribution is -0.141. The molecule has 1 aromatic rings. The minimum absolute atomic E-state index is 0.189. The van der Waals surface area contributed by atoms with Crippen molar-refractivity contribution in [3.8, 4) is 0 Å². The largest absolute Gasteiger partial charge is 0.481 e. The summed E-state index contributed by atoms with van der Waals surface area (Å²) in [5, 5.41) is 8.96. The summed E-state index contributed by atoms with van der Waals surface area (Å²) in [6.45, 7) is 3.69. The molecule has 0 aromatic heterocycles. The number of nitrogens with zero attached hydrogens (tertiary/aromatic N) is 1. The highest BCUT2D eigenvalue weighted by molar-refractivity contribution is 5.70. The number of hydrogen-bond donors (Lipinski definition) is 1. The quantitative estimate of drug-likeness (QED) is 0.846. The summed E-state index contributed by atoms with van der Waals surface area (Å²) in [5.74, 6) is -0.853. The van der Waals surface area contributed by atoms with Crippen molar-refractivity contribution in [3.05, 3.63) is 35.9 Å². The Labute approximate surface area is 95.7 Å². The van der Waals surface area contributed by atoms with Crippen molar-refractivity contribution < 1.29 is 9.90 Å². The van der Waals surface area contributed by atoms with Gasteiger partial charge in [0.1, 0.15) is 0 Å². The number of carboxylic acids is 1. The third-order valence-electron chi connectivity index (χ3n) is 3.40.